The highest BCUT2D eigenvalue weighted by molar-refractivity contribution is 7.99. The van der Waals surface area contributed by atoms with Crippen LogP contribution in [0.5, 0.6) is 0 Å². The second-order valence-corrected chi connectivity index (χ2v) is 6.58. The largest absolute Gasteiger partial charge is 0.411 e. The molecule has 28 heavy (non-hydrogen) atoms. The average molecular weight is 398 g/mol. The molecule has 0 aliphatic rings. The predicted octanol–water partition coefficient (Wildman–Crippen LogP) is 3.58. The Labute approximate surface area is 163 Å². The zero-order valence-electron chi connectivity index (χ0n) is 14.6. The van der Waals surface area contributed by atoms with Crippen molar-refractivity contribution in [3.05, 3.63) is 64.2 Å². The van der Waals surface area contributed by atoms with Crippen LogP contribution >= 0.6 is 11.8 Å². The van der Waals surface area contributed by atoms with Crippen molar-refractivity contribution in [1.82, 2.24) is 10.2 Å². The number of anilines is 1. The Bertz CT molecular complexity index is 1050. The maximum absolute atomic E-state index is 12.2. The Hall–Kier alpha value is -3.53. The Morgan fingerprint density at radius 1 is 1.18 bits per heavy atom. The van der Waals surface area contributed by atoms with Gasteiger partial charge in [-0.05, 0) is 18.2 Å². The lowest BCUT2D eigenvalue weighted by Gasteiger charge is -2.02. The molecule has 1 heterocycles. The number of carbonyl (C=O) groups excluding carboxylic acids is 2. The number of ketones is 1. The number of non-ortho nitro benzene ring substituents is 1. The maximum atomic E-state index is 12.2. The number of aromatic nitrogens is 2. The number of nitro groups is 1. The summed E-state index contributed by atoms with van der Waals surface area (Å²) in [6, 6.07) is 12.4. The van der Waals surface area contributed by atoms with Gasteiger partial charge in [0.2, 0.25) is 11.8 Å². The van der Waals surface area contributed by atoms with Crippen molar-refractivity contribution in [1.29, 1.82) is 0 Å². The molecule has 0 atom stereocenters. The highest BCUT2D eigenvalue weighted by atomic mass is 32.2. The van der Waals surface area contributed by atoms with E-state index in [0.29, 0.717) is 11.3 Å². The summed E-state index contributed by atoms with van der Waals surface area (Å²) in [6.45, 7) is 1.41. The molecule has 1 aromatic heterocycles. The Morgan fingerprint density at radius 3 is 2.71 bits per heavy atom. The molecule has 0 bridgehead atoms. The molecular weight excluding hydrogens is 384 g/mol. The molecule has 0 spiro atoms. The summed E-state index contributed by atoms with van der Waals surface area (Å²) in [5.74, 6) is -0.244. The minimum Gasteiger partial charge on any atom is -0.411 e. The summed E-state index contributed by atoms with van der Waals surface area (Å²) < 4.78 is 5.55. The topological polar surface area (TPSA) is 128 Å². The van der Waals surface area contributed by atoms with E-state index in [1.54, 1.807) is 24.3 Å². The monoisotopic (exact) mass is 398 g/mol. The first-order valence-electron chi connectivity index (χ1n) is 8.04. The molecule has 3 rings (SSSR count). The Morgan fingerprint density at radius 2 is 1.96 bits per heavy atom. The van der Waals surface area contributed by atoms with Gasteiger partial charge in [0.25, 0.3) is 10.9 Å². The van der Waals surface area contributed by atoms with E-state index in [4.69, 9.17) is 4.42 Å². The van der Waals surface area contributed by atoms with Gasteiger partial charge in [0, 0.05) is 35.9 Å². The van der Waals surface area contributed by atoms with Crippen LogP contribution in [0.1, 0.15) is 17.3 Å². The lowest BCUT2D eigenvalue weighted by Crippen LogP contribution is -2.05. The van der Waals surface area contributed by atoms with Crippen LogP contribution in [0.25, 0.3) is 11.5 Å². The van der Waals surface area contributed by atoms with E-state index in [-0.39, 0.29) is 39.8 Å². The summed E-state index contributed by atoms with van der Waals surface area (Å²) in [5.41, 5.74) is 1.31. The van der Waals surface area contributed by atoms with Crippen LogP contribution in [0.4, 0.5) is 11.4 Å². The third-order valence-corrected chi connectivity index (χ3v) is 4.36. The number of Topliss-reactive ketones (excluding diaryl/α,β-unsaturated/α-hetero) is 1. The molecule has 0 fully saturated rings. The third-order valence-electron chi connectivity index (χ3n) is 3.54. The van der Waals surface area contributed by atoms with Gasteiger partial charge in [0.05, 0.1) is 10.7 Å². The number of rotatable bonds is 7. The van der Waals surface area contributed by atoms with Gasteiger partial charge in [-0.1, -0.05) is 30.0 Å². The molecule has 0 saturated carbocycles. The molecule has 0 unspecified atom stereocenters. The predicted molar refractivity (Wildman–Crippen MR) is 102 cm³/mol. The molecule has 9 nitrogen and oxygen atoms in total. The van der Waals surface area contributed by atoms with Crippen LogP contribution in [0.3, 0.4) is 0 Å². The van der Waals surface area contributed by atoms with E-state index < -0.39 is 4.92 Å². The number of nitrogens with one attached hydrogen (secondary N) is 1. The zero-order valence-corrected chi connectivity index (χ0v) is 15.4. The van der Waals surface area contributed by atoms with Crippen LogP contribution in [-0.4, -0.2) is 32.6 Å². The van der Waals surface area contributed by atoms with Gasteiger partial charge in [-0.3, -0.25) is 19.7 Å². The van der Waals surface area contributed by atoms with E-state index in [1.807, 2.05) is 0 Å². The van der Waals surface area contributed by atoms with Crippen LogP contribution < -0.4 is 5.32 Å². The van der Waals surface area contributed by atoms with Crippen molar-refractivity contribution in [3.8, 4) is 11.5 Å². The van der Waals surface area contributed by atoms with E-state index in [2.05, 4.69) is 15.5 Å². The number of hydrogen-bond acceptors (Lipinski definition) is 8. The zero-order chi connectivity index (χ0) is 20.1. The average Bonchev–Trinajstić information content (AvgIpc) is 3.15. The molecule has 1 N–H and O–H groups in total. The lowest BCUT2D eigenvalue weighted by atomic mass is 10.1. The Balaban J connectivity index is 1.67. The second-order valence-electron chi connectivity index (χ2n) is 5.65. The van der Waals surface area contributed by atoms with Crippen molar-refractivity contribution >= 4 is 34.8 Å². The van der Waals surface area contributed by atoms with Gasteiger partial charge in [0.1, 0.15) is 0 Å². The Kier molecular flexibility index (Phi) is 5.80. The third kappa shape index (κ3) is 4.80. The van der Waals surface area contributed by atoms with Crippen molar-refractivity contribution in [3.63, 3.8) is 0 Å². The van der Waals surface area contributed by atoms with Crippen LogP contribution in [0.15, 0.2) is 58.2 Å². The fraction of sp³-hybridized carbons (Fsp3) is 0.111. The summed E-state index contributed by atoms with van der Waals surface area (Å²) in [4.78, 5) is 33.7. The molecule has 0 aliphatic carbocycles. The fourth-order valence-corrected chi connectivity index (χ4v) is 2.98. The van der Waals surface area contributed by atoms with E-state index in [1.165, 1.54) is 31.2 Å². The second kappa shape index (κ2) is 8.44. The highest BCUT2D eigenvalue weighted by Crippen LogP contribution is 2.26. The number of nitro benzene ring substituents is 1. The lowest BCUT2D eigenvalue weighted by molar-refractivity contribution is -0.384. The minimum absolute atomic E-state index is 0.00523. The number of amides is 1. The van der Waals surface area contributed by atoms with Gasteiger partial charge in [-0.15, -0.1) is 10.2 Å². The molecule has 142 valence electrons. The molecule has 0 aliphatic heterocycles. The van der Waals surface area contributed by atoms with Gasteiger partial charge in [0.15, 0.2) is 5.78 Å². The number of benzene rings is 2. The number of hydrogen-bond donors (Lipinski definition) is 1. The van der Waals surface area contributed by atoms with Crippen molar-refractivity contribution in [2.45, 2.75) is 12.1 Å². The van der Waals surface area contributed by atoms with Gasteiger partial charge in [-0.2, -0.15) is 0 Å². The van der Waals surface area contributed by atoms with Gasteiger partial charge >= 0.3 is 0 Å². The first-order valence-corrected chi connectivity index (χ1v) is 9.03. The fourth-order valence-electron chi connectivity index (χ4n) is 2.32. The minimum atomic E-state index is -0.552. The standard InChI is InChI=1S/C18H14N4O5S/c1-11(23)19-14-6-2-5-13(8-14)17-20-21-18(27-17)28-10-16(24)12-4-3-7-15(9-12)22(25)26/h2-9H,10H2,1H3,(H,19,23). The summed E-state index contributed by atoms with van der Waals surface area (Å²) in [6.07, 6.45) is 0. The van der Waals surface area contributed by atoms with Crippen molar-refractivity contribution in [2.75, 3.05) is 11.1 Å². The van der Waals surface area contributed by atoms with E-state index in [9.17, 15) is 19.7 Å². The van der Waals surface area contributed by atoms with Crippen LogP contribution in [0.2, 0.25) is 0 Å². The quantitative estimate of drug-likeness (QED) is 0.277. The van der Waals surface area contributed by atoms with Crippen molar-refractivity contribution in [2.24, 2.45) is 0 Å². The normalized spacial score (nSPS) is 10.5. The highest BCUT2D eigenvalue weighted by Gasteiger charge is 2.15. The molecule has 10 heteroatoms. The summed E-state index contributed by atoms with van der Waals surface area (Å²) >= 11 is 1.04. The smallest absolute Gasteiger partial charge is 0.277 e. The van der Waals surface area contributed by atoms with Gasteiger partial charge < -0.3 is 9.73 Å². The summed E-state index contributed by atoms with van der Waals surface area (Å²) in [5, 5.41) is 21.5. The molecule has 0 radical (unpaired) electrons. The number of thioether (sulfide) groups is 1. The number of carbonyl (C=O) groups is 2. The first kappa shape index (κ1) is 19.2. The molecular formula is C18H14N4O5S. The molecule has 2 aromatic carbocycles. The van der Waals surface area contributed by atoms with Crippen LogP contribution in [-0.2, 0) is 4.79 Å². The SMILES string of the molecule is CC(=O)Nc1cccc(-c2nnc(SCC(=O)c3cccc([N+](=O)[O-])c3)o2)c1. The van der Waals surface area contributed by atoms with Crippen LogP contribution in [0, 0.1) is 10.1 Å². The van der Waals surface area contributed by atoms with Gasteiger partial charge in [-0.25, -0.2) is 0 Å². The molecule has 3 aromatic rings. The molecule has 0 saturated heterocycles. The van der Waals surface area contributed by atoms with E-state index >= 15 is 0 Å². The van der Waals surface area contributed by atoms with Crippen molar-refractivity contribution < 1.29 is 18.9 Å². The molecule has 1 amide bonds. The maximum Gasteiger partial charge on any atom is 0.277 e. The first-order chi connectivity index (χ1) is 13.4. The number of nitrogens with zero attached hydrogens (tertiary/aromatic N) is 3. The summed E-state index contributed by atoms with van der Waals surface area (Å²) in [7, 11) is 0. The van der Waals surface area contributed by atoms with E-state index in [0.717, 1.165) is 11.8 Å².